The number of H-pyrrole nitrogens is 1. The highest BCUT2D eigenvalue weighted by atomic mass is 16.3. The Hall–Kier alpha value is -1.14. The van der Waals surface area contributed by atoms with Gasteiger partial charge in [-0.2, -0.15) is 4.98 Å². The second kappa shape index (κ2) is 4.03. The molecule has 1 aliphatic carbocycles. The normalized spacial score (nSPS) is 30.2. The Bertz CT molecular complexity index is 354. The maximum Gasteiger partial charge on any atom is 0.244 e. The third kappa shape index (κ3) is 1.78. The summed E-state index contributed by atoms with van der Waals surface area (Å²) in [5.74, 6) is 2.11. The minimum Gasteiger partial charge on any atom is -0.393 e. The molecular formula is C10H17N5O. The SMILES string of the molecule is OC1CC(c2nc(N3CCNCC3)n[nH]2)C1. The second-order valence-corrected chi connectivity index (χ2v) is 4.58. The first-order chi connectivity index (χ1) is 7.83. The van der Waals surface area contributed by atoms with Crippen molar-refractivity contribution in [3.05, 3.63) is 5.82 Å². The van der Waals surface area contributed by atoms with E-state index in [1.54, 1.807) is 0 Å². The van der Waals surface area contributed by atoms with Gasteiger partial charge < -0.3 is 15.3 Å². The molecule has 0 unspecified atom stereocenters. The molecule has 3 rings (SSSR count). The van der Waals surface area contributed by atoms with E-state index in [9.17, 15) is 5.11 Å². The van der Waals surface area contributed by atoms with Crippen LogP contribution in [-0.2, 0) is 0 Å². The van der Waals surface area contributed by atoms with E-state index in [0.717, 1.165) is 50.8 Å². The zero-order valence-electron chi connectivity index (χ0n) is 9.19. The fourth-order valence-electron chi connectivity index (χ4n) is 2.26. The van der Waals surface area contributed by atoms with Crippen LogP contribution in [0.3, 0.4) is 0 Å². The molecule has 1 saturated heterocycles. The van der Waals surface area contributed by atoms with Crippen molar-refractivity contribution < 1.29 is 5.11 Å². The Labute approximate surface area is 94.1 Å². The van der Waals surface area contributed by atoms with E-state index in [4.69, 9.17) is 0 Å². The Morgan fingerprint density at radius 3 is 2.69 bits per heavy atom. The number of aliphatic hydroxyl groups is 1. The lowest BCUT2D eigenvalue weighted by atomic mass is 9.82. The number of rotatable bonds is 2. The number of aromatic amines is 1. The molecule has 0 amide bonds. The molecule has 2 aliphatic rings. The molecule has 0 bridgehead atoms. The number of anilines is 1. The predicted molar refractivity (Wildman–Crippen MR) is 59.4 cm³/mol. The van der Waals surface area contributed by atoms with Crippen LogP contribution in [0.2, 0.25) is 0 Å². The molecule has 1 aliphatic heterocycles. The summed E-state index contributed by atoms with van der Waals surface area (Å²) >= 11 is 0. The lowest BCUT2D eigenvalue weighted by Crippen LogP contribution is -2.44. The molecule has 2 fully saturated rings. The van der Waals surface area contributed by atoms with Crippen molar-refractivity contribution >= 4 is 5.95 Å². The predicted octanol–water partition coefficient (Wildman–Crippen LogP) is -0.547. The van der Waals surface area contributed by atoms with Crippen molar-refractivity contribution in [2.45, 2.75) is 24.9 Å². The van der Waals surface area contributed by atoms with Gasteiger partial charge in [0.1, 0.15) is 5.82 Å². The van der Waals surface area contributed by atoms with Crippen molar-refractivity contribution in [2.75, 3.05) is 31.1 Å². The van der Waals surface area contributed by atoms with Gasteiger partial charge in [-0.25, -0.2) is 0 Å². The largest absolute Gasteiger partial charge is 0.393 e. The van der Waals surface area contributed by atoms with Gasteiger partial charge in [0.25, 0.3) is 0 Å². The summed E-state index contributed by atoms with van der Waals surface area (Å²) in [5, 5.41) is 19.8. The maximum atomic E-state index is 9.25. The van der Waals surface area contributed by atoms with Gasteiger partial charge >= 0.3 is 0 Å². The highest BCUT2D eigenvalue weighted by molar-refractivity contribution is 5.30. The maximum absolute atomic E-state index is 9.25. The van der Waals surface area contributed by atoms with Crippen molar-refractivity contribution in [1.29, 1.82) is 0 Å². The Balaban J connectivity index is 1.67. The highest BCUT2D eigenvalue weighted by Gasteiger charge is 2.31. The molecular weight excluding hydrogens is 206 g/mol. The van der Waals surface area contributed by atoms with Crippen LogP contribution in [0.25, 0.3) is 0 Å². The van der Waals surface area contributed by atoms with Crippen LogP contribution in [0.1, 0.15) is 24.6 Å². The Morgan fingerprint density at radius 2 is 2.00 bits per heavy atom. The van der Waals surface area contributed by atoms with Gasteiger partial charge in [0, 0.05) is 32.1 Å². The molecule has 0 radical (unpaired) electrons. The van der Waals surface area contributed by atoms with Gasteiger partial charge in [-0.15, -0.1) is 5.10 Å². The molecule has 1 aromatic rings. The fraction of sp³-hybridized carbons (Fsp3) is 0.800. The fourth-order valence-corrected chi connectivity index (χ4v) is 2.26. The third-order valence-corrected chi connectivity index (χ3v) is 3.39. The van der Waals surface area contributed by atoms with E-state index in [1.807, 2.05) is 0 Å². The van der Waals surface area contributed by atoms with Gasteiger partial charge in [-0.05, 0) is 12.8 Å². The van der Waals surface area contributed by atoms with Gasteiger partial charge in [-0.3, -0.25) is 5.10 Å². The molecule has 88 valence electrons. The topological polar surface area (TPSA) is 77.1 Å². The van der Waals surface area contributed by atoms with E-state index in [1.165, 1.54) is 0 Å². The van der Waals surface area contributed by atoms with Crippen LogP contribution >= 0.6 is 0 Å². The van der Waals surface area contributed by atoms with Crippen LogP contribution in [0.15, 0.2) is 0 Å². The van der Waals surface area contributed by atoms with Crippen LogP contribution in [0, 0.1) is 0 Å². The van der Waals surface area contributed by atoms with Gasteiger partial charge in [0.15, 0.2) is 0 Å². The standard InChI is InChI=1S/C10H17N5O/c16-8-5-7(6-8)9-12-10(14-13-9)15-3-1-11-2-4-15/h7-8,11,16H,1-6H2,(H,12,13,14). The van der Waals surface area contributed by atoms with Crippen molar-refractivity contribution in [3.63, 3.8) is 0 Å². The first-order valence-electron chi connectivity index (χ1n) is 5.89. The van der Waals surface area contributed by atoms with Crippen LogP contribution in [-0.4, -0.2) is 52.6 Å². The minimum atomic E-state index is -0.141. The molecule has 3 N–H and O–H groups in total. The average Bonchev–Trinajstić information content (AvgIpc) is 2.75. The van der Waals surface area contributed by atoms with E-state index >= 15 is 0 Å². The number of aromatic nitrogens is 3. The number of hydrogen-bond acceptors (Lipinski definition) is 5. The number of aliphatic hydroxyl groups excluding tert-OH is 1. The average molecular weight is 223 g/mol. The number of hydrogen-bond donors (Lipinski definition) is 3. The molecule has 0 atom stereocenters. The molecule has 2 heterocycles. The van der Waals surface area contributed by atoms with E-state index in [-0.39, 0.29) is 6.10 Å². The molecule has 1 saturated carbocycles. The zero-order valence-corrected chi connectivity index (χ0v) is 9.19. The molecule has 0 aromatic carbocycles. The lowest BCUT2D eigenvalue weighted by Gasteiger charge is -2.29. The first kappa shape index (κ1) is 10.0. The van der Waals surface area contributed by atoms with Crippen molar-refractivity contribution in [2.24, 2.45) is 0 Å². The zero-order chi connectivity index (χ0) is 11.0. The summed E-state index contributed by atoms with van der Waals surface area (Å²) in [6.07, 6.45) is 1.49. The summed E-state index contributed by atoms with van der Waals surface area (Å²) in [6.45, 7) is 3.91. The van der Waals surface area contributed by atoms with Crippen LogP contribution < -0.4 is 10.2 Å². The van der Waals surface area contributed by atoms with Gasteiger partial charge in [-0.1, -0.05) is 0 Å². The smallest absolute Gasteiger partial charge is 0.244 e. The van der Waals surface area contributed by atoms with Gasteiger partial charge in [0.05, 0.1) is 6.10 Å². The summed E-state index contributed by atoms with van der Waals surface area (Å²) in [4.78, 5) is 6.70. The Morgan fingerprint density at radius 1 is 1.25 bits per heavy atom. The van der Waals surface area contributed by atoms with Gasteiger partial charge in [0.2, 0.25) is 5.95 Å². The van der Waals surface area contributed by atoms with E-state index in [2.05, 4.69) is 25.4 Å². The minimum absolute atomic E-state index is 0.141. The Kier molecular flexibility index (Phi) is 2.53. The molecule has 0 spiro atoms. The lowest BCUT2D eigenvalue weighted by molar-refractivity contribution is 0.0718. The summed E-state index contributed by atoms with van der Waals surface area (Å²) in [7, 11) is 0. The number of nitrogens with zero attached hydrogens (tertiary/aromatic N) is 3. The third-order valence-electron chi connectivity index (χ3n) is 3.39. The molecule has 1 aromatic heterocycles. The highest BCUT2D eigenvalue weighted by Crippen LogP contribution is 2.35. The second-order valence-electron chi connectivity index (χ2n) is 4.58. The molecule has 16 heavy (non-hydrogen) atoms. The van der Waals surface area contributed by atoms with Crippen LogP contribution in [0.4, 0.5) is 5.95 Å². The summed E-state index contributed by atoms with van der Waals surface area (Å²) < 4.78 is 0. The van der Waals surface area contributed by atoms with E-state index in [0.29, 0.717) is 5.92 Å². The number of piperazine rings is 1. The first-order valence-corrected chi connectivity index (χ1v) is 5.89. The summed E-state index contributed by atoms with van der Waals surface area (Å²) in [6, 6.07) is 0. The summed E-state index contributed by atoms with van der Waals surface area (Å²) in [5.41, 5.74) is 0. The monoisotopic (exact) mass is 223 g/mol. The van der Waals surface area contributed by atoms with Crippen LogP contribution in [0.5, 0.6) is 0 Å². The number of nitrogens with one attached hydrogen (secondary N) is 2. The van der Waals surface area contributed by atoms with Crippen molar-refractivity contribution in [1.82, 2.24) is 20.5 Å². The van der Waals surface area contributed by atoms with Crippen molar-refractivity contribution in [3.8, 4) is 0 Å². The van der Waals surface area contributed by atoms with E-state index < -0.39 is 0 Å². The quantitative estimate of drug-likeness (QED) is 0.627. The molecule has 6 nitrogen and oxygen atoms in total. The molecule has 6 heteroatoms.